The van der Waals surface area contributed by atoms with Gasteiger partial charge in [0.25, 0.3) is 0 Å². The highest BCUT2D eigenvalue weighted by Gasteiger charge is 2.40. The van der Waals surface area contributed by atoms with Crippen molar-refractivity contribution >= 4 is 27.5 Å². The molecule has 0 spiro atoms. The number of aryl methyl sites for hydroxylation is 1. The van der Waals surface area contributed by atoms with Crippen LogP contribution in [0.4, 0.5) is 5.69 Å². The zero-order chi connectivity index (χ0) is 14.4. The maximum absolute atomic E-state index is 11.4. The first-order valence-electron chi connectivity index (χ1n) is 8.26. The van der Waals surface area contributed by atoms with Crippen LogP contribution in [0.2, 0.25) is 0 Å². The molecule has 2 fully saturated rings. The summed E-state index contributed by atoms with van der Waals surface area (Å²) in [6.45, 7) is 0. The normalized spacial score (nSPS) is 31.9. The molecule has 0 aromatic heterocycles. The van der Waals surface area contributed by atoms with Crippen molar-refractivity contribution in [1.29, 1.82) is 0 Å². The fourth-order valence-electron chi connectivity index (χ4n) is 4.67. The molecule has 1 aromatic rings. The summed E-state index contributed by atoms with van der Waals surface area (Å²) >= 11 is 3.92. The van der Waals surface area contributed by atoms with Gasteiger partial charge < -0.3 is 5.32 Å². The Balaban J connectivity index is 1.47. The lowest BCUT2D eigenvalue weighted by atomic mass is 9.84. The zero-order valence-corrected chi connectivity index (χ0v) is 13.9. The molecule has 1 aromatic carbocycles. The second kappa shape index (κ2) is 5.42. The first kappa shape index (κ1) is 13.8. The molecule has 112 valence electrons. The van der Waals surface area contributed by atoms with Gasteiger partial charge in [-0.25, -0.2) is 0 Å². The van der Waals surface area contributed by atoms with Crippen LogP contribution in [-0.2, 0) is 11.2 Å². The Hall–Kier alpha value is -0.830. The highest BCUT2D eigenvalue weighted by Crippen LogP contribution is 2.52. The van der Waals surface area contributed by atoms with E-state index >= 15 is 0 Å². The summed E-state index contributed by atoms with van der Waals surface area (Å²) < 4.78 is 0. The van der Waals surface area contributed by atoms with Crippen LogP contribution in [0.25, 0.3) is 0 Å². The van der Waals surface area contributed by atoms with Gasteiger partial charge >= 0.3 is 0 Å². The summed E-state index contributed by atoms with van der Waals surface area (Å²) in [6, 6.07) is 6.55. The SMILES string of the molecule is O=C1CCc2cc(C(Br)CC3CC4CCC3C4)ccc2N1. The molecule has 2 aliphatic carbocycles. The van der Waals surface area contributed by atoms with Crippen LogP contribution in [0.15, 0.2) is 18.2 Å². The number of carbonyl (C=O) groups excluding carboxylic acids is 1. The van der Waals surface area contributed by atoms with Gasteiger partial charge in [0.1, 0.15) is 0 Å². The molecular weight excluding hydrogens is 326 g/mol. The molecule has 1 aliphatic heterocycles. The standard InChI is InChI=1S/C18H22BrNO/c19-16(10-15-8-11-1-2-12(15)7-11)13-3-5-17-14(9-13)4-6-18(21)20-17/h3,5,9,11-12,15-16H,1-2,4,6-8,10H2,(H,20,21). The topological polar surface area (TPSA) is 29.1 Å². The van der Waals surface area contributed by atoms with E-state index in [-0.39, 0.29) is 5.91 Å². The van der Waals surface area contributed by atoms with Gasteiger partial charge in [0.2, 0.25) is 5.91 Å². The summed E-state index contributed by atoms with van der Waals surface area (Å²) in [6.07, 6.45) is 8.65. The number of fused-ring (bicyclic) bond motifs is 3. The smallest absolute Gasteiger partial charge is 0.224 e. The first-order chi connectivity index (χ1) is 10.2. The number of amides is 1. The Morgan fingerprint density at radius 3 is 2.90 bits per heavy atom. The Morgan fingerprint density at radius 2 is 2.14 bits per heavy atom. The molecule has 2 saturated carbocycles. The molecule has 0 radical (unpaired) electrons. The van der Waals surface area contributed by atoms with Crippen molar-refractivity contribution in [2.75, 3.05) is 5.32 Å². The van der Waals surface area contributed by atoms with Crippen molar-refractivity contribution in [3.63, 3.8) is 0 Å². The summed E-state index contributed by atoms with van der Waals surface area (Å²) in [5.74, 6) is 3.09. The quantitative estimate of drug-likeness (QED) is 0.779. The molecule has 4 atom stereocenters. The number of hydrogen-bond acceptors (Lipinski definition) is 1. The van der Waals surface area contributed by atoms with Crippen molar-refractivity contribution < 1.29 is 4.79 Å². The van der Waals surface area contributed by atoms with Crippen LogP contribution in [0.5, 0.6) is 0 Å². The van der Waals surface area contributed by atoms with Crippen molar-refractivity contribution in [2.45, 2.75) is 49.8 Å². The number of benzene rings is 1. The van der Waals surface area contributed by atoms with E-state index in [1.165, 1.54) is 43.2 Å². The fraction of sp³-hybridized carbons (Fsp3) is 0.611. The minimum atomic E-state index is 0.146. The Bertz CT molecular complexity index is 570. The van der Waals surface area contributed by atoms with Gasteiger partial charge in [0.15, 0.2) is 0 Å². The van der Waals surface area contributed by atoms with Gasteiger partial charge in [-0.2, -0.15) is 0 Å². The highest BCUT2D eigenvalue weighted by molar-refractivity contribution is 9.09. The third kappa shape index (κ3) is 2.65. The second-order valence-corrected chi connectivity index (χ2v) is 8.21. The van der Waals surface area contributed by atoms with Gasteiger partial charge in [-0.15, -0.1) is 0 Å². The van der Waals surface area contributed by atoms with Crippen molar-refractivity contribution in [3.05, 3.63) is 29.3 Å². The molecule has 4 rings (SSSR count). The molecule has 2 bridgehead atoms. The Labute approximate surface area is 134 Å². The molecule has 2 nitrogen and oxygen atoms in total. The number of alkyl halides is 1. The van der Waals surface area contributed by atoms with Crippen LogP contribution >= 0.6 is 15.9 Å². The van der Waals surface area contributed by atoms with Crippen molar-refractivity contribution in [2.24, 2.45) is 17.8 Å². The third-order valence-electron chi connectivity index (χ3n) is 5.78. The van der Waals surface area contributed by atoms with E-state index in [1.807, 2.05) is 0 Å². The molecular formula is C18H22BrNO. The number of anilines is 1. The van der Waals surface area contributed by atoms with E-state index in [9.17, 15) is 4.79 Å². The predicted molar refractivity (Wildman–Crippen MR) is 88.6 cm³/mol. The van der Waals surface area contributed by atoms with E-state index in [0.29, 0.717) is 11.2 Å². The van der Waals surface area contributed by atoms with Gasteiger partial charge in [0.05, 0.1) is 0 Å². The number of halogens is 1. The average molecular weight is 348 g/mol. The molecule has 1 N–H and O–H groups in total. The summed E-state index contributed by atoms with van der Waals surface area (Å²) in [4.78, 5) is 11.9. The van der Waals surface area contributed by atoms with E-state index in [4.69, 9.17) is 0 Å². The molecule has 1 amide bonds. The zero-order valence-electron chi connectivity index (χ0n) is 12.3. The largest absolute Gasteiger partial charge is 0.326 e. The third-order valence-corrected chi connectivity index (χ3v) is 6.68. The van der Waals surface area contributed by atoms with Gasteiger partial charge in [-0.1, -0.05) is 34.5 Å². The Kier molecular flexibility index (Phi) is 3.56. The van der Waals surface area contributed by atoms with Crippen molar-refractivity contribution in [1.82, 2.24) is 0 Å². The van der Waals surface area contributed by atoms with Gasteiger partial charge in [-0.05, 0) is 67.1 Å². The maximum atomic E-state index is 11.4. The minimum absolute atomic E-state index is 0.146. The lowest BCUT2D eigenvalue weighted by molar-refractivity contribution is -0.116. The molecule has 0 saturated heterocycles. The van der Waals surface area contributed by atoms with Crippen LogP contribution in [0, 0.1) is 17.8 Å². The molecule has 3 aliphatic rings. The lowest BCUT2D eigenvalue weighted by Gasteiger charge is -2.25. The van der Waals surface area contributed by atoms with E-state index < -0.39 is 0 Å². The fourth-order valence-corrected chi connectivity index (χ4v) is 5.43. The Morgan fingerprint density at radius 1 is 1.24 bits per heavy atom. The molecule has 4 unspecified atom stereocenters. The van der Waals surface area contributed by atoms with Crippen LogP contribution in [-0.4, -0.2) is 5.91 Å². The van der Waals surface area contributed by atoms with E-state index in [2.05, 4.69) is 39.4 Å². The van der Waals surface area contributed by atoms with E-state index in [1.54, 1.807) is 0 Å². The van der Waals surface area contributed by atoms with Crippen LogP contribution < -0.4 is 5.32 Å². The van der Waals surface area contributed by atoms with Gasteiger partial charge in [0, 0.05) is 16.9 Å². The minimum Gasteiger partial charge on any atom is -0.326 e. The predicted octanol–water partition coefficient (Wildman–Crippen LogP) is 4.83. The summed E-state index contributed by atoms with van der Waals surface area (Å²) in [5, 5.41) is 2.97. The number of hydrogen-bond donors (Lipinski definition) is 1. The number of nitrogens with one attached hydrogen (secondary N) is 1. The maximum Gasteiger partial charge on any atom is 0.224 e. The average Bonchev–Trinajstić information content (AvgIpc) is 3.09. The second-order valence-electron chi connectivity index (χ2n) is 7.10. The first-order valence-corrected chi connectivity index (χ1v) is 9.17. The molecule has 3 heteroatoms. The molecule has 21 heavy (non-hydrogen) atoms. The van der Waals surface area contributed by atoms with Gasteiger partial charge in [-0.3, -0.25) is 4.79 Å². The highest BCUT2D eigenvalue weighted by atomic mass is 79.9. The lowest BCUT2D eigenvalue weighted by Crippen LogP contribution is -2.19. The number of rotatable bonds is 3. The summed E-state index contributed by atoms with van der Waals surface area (Å²) in [5.41, 5.74) is 3.69. The monoisotopic (exact) mass is 347 g/mol. The summed E-state index contributed by atoms with van der Waals surface area (Å²) in [7, 11) is 0. The van der Waals surface area contributed by atoms with Crippen LogP contribution in [0.3, 0.4) is 0 Å². The van der Waals surface area contributed by atoms with Crippen LogP contribution in [0.1, 0.15) is 54.5 Å². The van der Waals surface area contributed by atoms with E-state index in [0.717, 1.165) is 29.9 Å². The number of carbonyl (C=O) groups is 1. The molecule has 1 heterocycles. The van der Waals surface area contributed by atoms with Crippen molar-refractivity contribution in [3.8, 4) is 0 Å².